The Morgan fingerprint density at radius 3 is 1.50 bits per heavy atom. The minimum absolute atomic E-state index is 0.225. The minimum atomic E-state index is -1.12. The Bertz CT molecular complexity index is 264. The Hall–Kier alpha value is -1.22. The highest BCUT2D eigenvalue weighted by molar-refractivity contribution is 6.17. The molecule has 0 bridgehead atoms. The van der Waals surface area contributed by atoms with Gasteiger partial charge in [-0.1, -0.05) is 13.2 Å². The van der Waals surface area contributed by atoms with Gasteiger partial charge >= 0.3 is 0 Å². The third kappa shape index (κ3) is 1.82. The Morgan fingerprint density at radius 2 is 1.36 bits per heavy atom. The number of carbonyl (C=O) groups excluding carboxylic acids is 2. The van der Waals surface area contributed by atoms with E-state index in [2.05, 4.69) is 13.2 Å². The van der Waals surface area contributed by atoms with Crippen molar-refractivity contribution in [2.75, 3.05) is 21.1 Å². The molecule has 0 aromatic heterocycles. The van der Waals surface area contributed by atoms with E-state index in [1.165, 1.54) is 12.2 Å². The highest BCUT2D eigenvalue weighted by Crippen LogP contribution is 2.21. The number of rotatable bonds is 5. The summed E-state index contributed by atoms with van der Waals surface area (Å²) in [6.45, 7) is 8.43. The third-order valence-electron chi connectivity index (χ3n) is 2.67. The van der Waals surface area contributed by atoms with Crippen molar-refractivity contribution in [3.8, 4) is 0 Å². The van der Waals surface area contributed by atoms with Crippen LogP contribution in [0.2, 0.25) is 0 Å². The predicted molar refractivity (Wildman–Crippen MR) is 56.8 cm³/mol. The molecular formula is C11H18NO2+. The van der Waals surface area contributed by atoms with E-state index in [-0.39, 0.29) is 16.0 Å². The number of hydrogen-bond donors (Lipinski definition) is 0. The van der Waals surface area contributed by atoms with E-state index in [4.69, 9.17) is 0 Å². The molecule has 0 aromatic rings. The summed E-state index contributed by atoms with van der Waals surface area (Å²) >= 11 is 0. The Balaban J connectivity index is 5.49. The summed E-state index contributed by atoms with van der Waals surface area (Å²) in [6, 6.07) is 0. The van der Waals surface area contributed by atoms with Gasteiger partial charge in [-0.25, -0.2) is 0 Å². The Morgan fingerprint density at radius 1 is 1.07 bits per heavy atom. The highest BCUT2D eigenvalue weighted by Gasteiger charge is 2.49. The molecule has 0 aliphatic carbocycles. The topological polar surface area (TPSA) is 34.1 Å². The first-order valence-electron chi connectivity index (χ1n) is 4.37. The van der Waals surface area contributed by atoms with Crippen LogP contribution in [0, 0.1) is 0 Å². The van der Waals surface area contributed by atoms with E-state index in [1.54, 1.807) is 28.1 Å². The number of quaternary nitrogens is 1. The molecule has 0 amide bonds. The Kier molecular flexibility index (Phi) is 3.54. The van der Waals surface area contributed by atoms with E-state index in [0.29, 0.717) is 0 Å². The van der Waals surface area contributed by atoms with Gasteiger partial charge in [-0.05, 0) is 12.2 Å². The lowest BCUT2D eigenvalue weighted by atomic mass is 9.87. The van der Waals surface area contributed by atoms with Crippen LogP contribution in [0.3, 0.4) is 0 Å². The molecule has 0 spiro atoms. The second-order valence-electron chi connectivity index (χ2n) is 4.22. The maximum atomic E-state index is 11.7. The molecule has 14 heavy (non-hydrogen) atoms. The summed E-state index contributed by atoms with van der Waals surface area (Å²) in [4.78, 5) is 23.4. The van der Waals surface area contributed by atoms with Gasteiger partial charge in [-0.15, -0.1) is 0 Å². The van der Waals surface area contributed by atoms with Gasteiger partial charge in [0.05, 0.1) is 21.1 Å². The van der Waals surface area contributed by atoms with Gasteiger partial charge < -0.3 is 4.48 Å². The molecule has 78 valence electrons. The van der Waals surface area contributed by atoms with Crippen molar-refractivity contribution < 1.29 is 14.1 Å². The monoisotopic (exact) mass is 196 g/mol. The number of hydrogen-bond acceptors (Lipinski definition) is 2. The zero-order chi connectivity index (χ0) is 11.6. The molecule has 0 unspecified atom stereocenters. The van der Waals surface area contributed by atoms with E-state index in [9.17, 15) is 9.59 Å². The largest absolute Gasteiger partial charge is 0.313 e. The molecule has 3 heteroatoms. The molecule has 0 aliphatic heterocycles. The molecular weight excluding hydrogens is 178 g/mol. The van der Waals surface area contributed by atoms with Gasteiger partial charge in [-0.2, -0.15) is 0 Å². The van der Waals surface area contributed by atoms with E-state index in [1.807, 2.05) is 0 Å². The van der Waals surface area contributed by atoms with Crippen molar-refractivity contribution >= 4 is 11.6 Å². The molecule has 0 saturated carbocycles. The quantitative estimate of drug-likeness (QED) is 0.373. The second kappa shape index (κ2) is 3.88. The fraction of sp³-hybridized carbons (Fsp3) is 0.455. The third-order valence-corrected chi connectivity index (χ3v) is 2.67. The normalized spacial score (nSPS) is 12.0. The maximum Gasteiger partial charge on any atom is 0.223 e. The van der Waals surface area contributed by atoms with Crippen LogP contribution in [0.1, 0.15) is 6.92 Å². The molecule has 0 aromatic carbocycles. The van der Waals surface area contributed by atoms with Crippen LogP contribution in [-0.2, 0) is 9.59 Å². The lowest BCUT2D eigenvalue weighted by molar-refractivity contribution is -0.899. The molecule has 0 radical (unpaired) electrons. The van der Waals surface area contributed by atoms with Gasteiger partial charge in [0.25, 0.3) is 0 Å². The van der Waals surface area contributed by atoms with Crippen LogP contribution in [0.25, 0.3) is 0 Å². The van der Waals surface area contributed by atoms with Crippen LogP contribution < -0.4 is 0 Å². The summed E-state index contributed by atoms with van der Waals surface area (Å²) in [5.41, 5.74) is -1.12. The van der Waals surface area contributed by atoms with Gasteiger partial charge in [-0.3, -0.25) is 9.59 Å². The summed E-state index contributed by atoms with van der Waals surface area (Å²) < 4.78 is 0.225. The van der Waals surface area contributed by atoms with Gasteiger partial charge in [0.15, 0.2) is 0 Å². The molecule has 0 N–H and O–H groups in total. The highest BCUT2D eigenvalue weighted by atomic mass is 16.2. The zero-order valence-corrected chi connectivity index (χ0v) is 9.33. The summed E-state index contributed by atoms with van der Waals surface area (Å²) in [5.74, 6) is -0.565. The number of likely N-dealkylation sites (N-methyl/N-ethyl adjacent to an activating group) is 1. The van der Waals surface area contributed by atoms with Crippen LogP contribution in [0.15, 0.2) is 25.3 Å². The number of carbonyl (C=O) groups is 2. The first-order valence-corrected chi connectivity index (χ1v) is 4.37. The van der Waals surface area contributed by atoms with E-state index >= 15 is 0 Å². The molecule has 0 heterocycles. The SMILES string of the molecule is C=CC(=O)C(C)(C(=O)C=C)[N+](C)(C)C. The predicted octanol–water partition coefficient (Wildman–Crippen LogP) is 0.962. The van der Waals surface area contributed by atoms with Crippen molar-refractivity contribution in [1.82, 2.24) is 0 Å². The standard InChI is InChI=1S/C11H18NO2/c1-7-9(13)11(3,10(14)8-2)12(4,5)6/h7-8H,1-2H2,3-6H3/q+1. The van der Waals surface area contributed by atoms with Crippen LogP contribution in [0.5, 0.6) is 0 Å². The Labute approximate surface area is 85.3 Å². The van der Waals surface area contributed by atoms with Crippen molar-refractivity contribution in [2.24, 2.45) is 0 Å². The average molecular weight is 196 g/mol. The van der Waals surface area contributed by atoms with Crippen molar-refractivity contribution in [1.29, 1.82) is 0 Å². The lowest BCUT2D eigenvalue weighted by Crippen LogP contribution is -2.63. The summed E-state index contributed by atoms with van der Waals surface area (Å²) in [7, 11) is 5.38. The molecule has 0 fully saturated rings. The van der Waals surface area contributed by atoms with Crippen LogP contribution in [0.4, 0.5) is 0 Å². The number of ketones is 2. The smallest absolute Gasteiger partial charge is 0.223 e. The molecule has 0 rings (SSSR count). The first kappa shape index (κ1) is 12.8. The fourth-order valence-electron chi connectivity index (χ4n) is 1.18. The summed E-state index contributed by atoms with van der Waals surface area (Å²) in [5, 5.41) is 0. The van der Waals surface area contributed by atoms with E-state index < -0.39 is 5.54 Å². The van der Waals surface area contributed by atoms with Crippen molar-refractivity contribution in [2.45, 2.75) is 12.5 Å². The maximum absolute atomic E-state index is 11.7. The molecule has 0 aliphatic rings. The van der Waals surface area contributed by atoms with Gasteiger partial charge in [0.1, 0.15) is 0 Å². The van der Waals surface area contributed by atoms with Crippen molar-refractivity contribution in [3.63, 3.8) is 0 Å². The number of nitrogens with zero attached hydrogens (tertiary/aromatic N) is 1. The zero-order valence-electron chi connectivity index (χ0n) is 9.33. The van der Waals surface area contributed by atoms with E-state index in [0.717, 1.165) is 0 Å². The van der Waals surface area contributed by atoms with Crippen molar-refractivity contribution in [3.05, 3.63) is 25.3 Å². The fourth-order valence-corrected chi connectivity index (χ4v) is 1.18. The van der Waals surface area contributed by atoms with Gasteiger partial charge in [0.2, 0.25) is 17.1 Å². The first-order chi connectivity index (χ1) is 6.21. The van der Waals surface area contributed by atoms with Crippen LogP contribution >= 0.6 is 0 Å². The van der Waals surface area contributed by atoms with Gasteiger partial charge in [0, 0.05) is 6.92 Å². The van der Waals surface area contributed by atoms with Crippen LogP contribution in [-0.4, -0.2) is 42.7 Å². The molecule has 0 saturated heterocycles. The molecule has 0 atom stereocenters. The average Bonchev–Trinajstić information content (AvgIpc) is 2.12. The lowest BCUT2D eigenvalue weighted by Gasteiger charge is -2.39. The minimum Gasteiger partial charge on any atom is -0.313 e. The second-order valence-corrected chi connectivity index (χ2v) is 4.22. The molecule has 3 nitrogen and oxygen atoms in total. The summed E-state index contributed by atoms with van der Waals surface area (Å²) in [6.07, 6.45) is 2.37.